The Balaban J connectivity index is 1.82. The minimum atomic E-state index is 0.569. The third-order valence-corrected chi connectivity index (χ3v) is 3.23. The van der Waals surface area contributed by atoms with Gasteiger partial charge in [0.05, 0.1) is 13.3 Å². The van der Waals surface area contributed by atoms with Crippen LogP contribution in [-0.2, 0) is 6.42 Å². The molecule has 22 heavy (non-hydrogen) atoms. The number of methoxy groups -OCH3 is 1. The highest BCUT2D eigenvalue weighted by Crippen LogP contribution is 2.13. The van der Waals surface area contributed by atoms with Crippen LogP contribution in [0.15, 0.2) is 30.5 Å². The molecule has 0 saturated carbocycles. The molecule has 0 aliphatic carbocycles. The Morgan fingerprint density at radius 2 is 2.09 bits per heavy atom. The van der Waals surface area contributed by atoms with Gasteiger partial charge in [0, 0.05) is 13.1 Å². The molecule has 0 fully saturated rings. The minimum absolute atomic E-state index is 0.569. The molecule has 0 atom stereocenters. The first-order valence-electron chi connectivity index (χ1n) is 7.62. The van der Waals surface area contributed by atoms with Gasteiger partial charge < -0.3 is 15.4 Å². The first-order valence-corrected chi connectivity index (χ1v) is 7.62. The number of rotatable bonds is 9. The zero-order chi connectivity index (χ0) is 15.6. The molecule has 0 spiro atoms. The number of hydrogen-bond acceptors (Lipinski definition) is 6. The van der Waals surface area contributed by atoms with E-state index in [1.54, 1.807) is 13.3 Å². The summed E-state index contributed by atoms with van der Waals surface area (Å²) in [5.41, 5.74) is 1.22. The Bertz CT molecular complexity index is 576. The van der Waals surface area contributed by atoms with E-state index in [9.17, 15) is 0 Å². The summed E-state index contributed by atoms with van der Waals surface area (Å²) in [5, 5.41) is 14.4. The number of ether oxygens (including phenoxy) is 1. The van der Waals surface area contributed by atoms with Crippen LogP contribution in [-0.4, -0.2) is 35.4 Å². The monoisotopic (exact) mass is 301 g/mol. The molecule has 0 aliphatic heterocycles. The van der Waals surface area contributed by atoms with Crippen LogP contribution in [0.4, 0.5) is 11.8 Å². The summed E-state index contributed by atoms with van der Waals surface area (Å²) in [5.74, 6) is 2.18. The first kappa shape index (κ1) is 16.0. The Morgan fingerprint density at radius 1 is 1.18 bits per heavy atom. The molecule has 0 saturated heterocycles. The molecule has 1 aromatic heterocycles. The van der Waals surface area contributed by atoms with Crippen LogP contribution in [0.3, 0.4) is 0 Å². The first-order chi connectivity index (χ1) is 10.8. The van der Waals surface area contributed by atoms with Gasteiger partial charge >= 0.3 is 0 Å². The van der Waals surface area contributed by atoms with Gasteiger partial charge in [0.15, 0.2) is 5.82 Å². The van der Waals surface area contributed by atoms with Gasteiger partial charge in [0.1, 0.15) is 5.75 Å². The molecule has 6 nitrogen and oxygen atoms in total. The largest absolute Gasteiger partial charge is 0.497 e. The lowest BCUT2D eigenvalue weighted by atomic mass is 10.1. The zero-order valence-corrected chi connectivity index (χ0v) is 13.2. The minimum Gasteiger partial charge on any atom is -0.497 e. The average Bonchev–Trinajstić information content (AvgIpc) is 2.56. The maximum absolute atomic E-state index is 5.22. The molecule has 0 bridgehead atoms. The quantitative estimate of drug-likeness (QED) is 0.694. The number of unbranched alkanes of at least 4 members (excludes halogenated alkanes) is 1. The van der Waals surface area contributed by atoms with E-state index in [1.807, 2.05) is 18.2 Å². The molecule has 1 heterocycles. The Morgan fingerprint density at radius 3 is 2.91 bits per heavy atom. The second-order valence-corrected chi connectivity index (χ2v) is 4.97. The van der Waals surface area contributed by atoms with Gasteiger partial charge in [-0.2, -0.15) is 10.1 Å². The Kier molecular flexibility index (Phi) is 6.41. The van der Waals surface area contributed by atoms with Gasteiger partial charge in [0.25, 0.3) is 0 Å². The zero-order valence-electron chi connectivity index (χ0n) is 13.2. The number of hydrogen-bond donors (Lipinski definition) is 2. The summed E-state index contributed by atoms with van der Waals surface area (Å²) >= 11 is 0. The molecule has 2 N–H and O–H groups in total. The van der Waals surface area contributed by atoms with Crippen LogP contribution >= 0.6 is 0 Å². The van der Waals surface area contributed by atoms with Gasteiger partial charge in [-0.3, -0.25) is 0 Å². The van der Waals surface area contributed by atoms with E-state index in [2.05, 4.69) is 38.8 Å². The predicted octanol–water partition coefficient (Wildman–Crippen LogP) is 2.75. The second kappa shape index (κ2) is 8.81. The summed E-state index contributed by atoms with van der Waals surface area (Å²) < 4.78 is 5.22. The summed E-state index contributed by atoms with van der Waals surface area (Å²) in [4.78, 5) is 4.39. The van der Waals surface area contributed by atoms with Crippen molar-refractivity contribution < 1.29 is 4.74 Å². The maximum atomic E-state index is 5.22. The number of anilines is 2. The highest BCUT2D eigenvalue weighted by Gasteiger charge is 2.00. The Hall–Kier alpha value is -2.37. The van der Waals surface area contributed by atoms with Gasteiger partial charge in [0.2, 0.25) is 5.95 Å². The van der Waals surface area contributed by atoms with Gasteiger partial charge in [-0.15, -0.1) is 5.10 Å². The summed E-state index contributed by atoms with van der Waals surface area (Å²) in [6.07, 6.45) is 4.76. The van der Waals surface area contributed by atoms with E-state index in [0.29, 0.717) is 5.95 Å². The fourth-order valence-corrected chi connectivity index (χ4v) is 2.00. The maximum Gasteiger partial charge on any atom is 0.244 e. The fourth-order valence-electron chi connectivity index (χ4n) is 2.00. The van der Waals surface area contributed by atoms with Crippen LogP contribution < -0.4 is 15.4 Å². The van der Waals surface area contributed by atoms with E-state index in [1.165, 1.54) is 5.56 Å². The highest BCUT2D eigenvalue weighted by molar-refractivity contribution is 5.37. The normalized spacial score (nSPS) is 10.3. The van der Waals surface area contributed by atoms with Crippen molar-refractivity contribution in [3.8, 4) is 5.75 Å². The van der Waals surface area contributed by atoms with Gasteiger partial charge in [-0.25, -0.2) is 0 Å². The molecule has 118 valence electrons. The highest BCUT2D eigenvalue weighted by atomic mass is 16.5. The molecule has 2 aromatic rings. The van der Waals surface area contributed by atoms with Crippen LogP contribution in [0.1, 0.15) is 25.3 Å². The SMILES string of the molecule is CCCCNc1nncc(NCCc2cccc(OC)c2)n1. The average molecular weight is 301 g/mol. The smallest absolute Gasteiger partial charge is 0.244 e. The van der Waals surface area contributed by atoms with Crippen LogP contribution in [0.2, 0.25) is 0 Å². The predicted molar refractivity (Wildman–Crippen MR) is 88.4 cm³/mol. The lowest BCUT2D eigenvalue weighted by molar-refractivity contribution is 0.414. The summed E-state index contributed by atoms with van der Waals surface area (Å²) in [6, 6.07) is 8.06. The van der Waals surface area contributed by atoms with Crippen molar-refractivity contribution in [2.24, 2.45) is 0 Å². The Labute approximate surface area is 131 Å². The topological polar surface area (TPSA) is 72.0 Å². The van der Waals surface area contributed by atoms with Gasteiger partial charge in [-0.05, 0) is 30.5 Å². The van der Waals surface area contributed by atoms with Crippen molar-refractivity contribution in [3.63, 3.8) is 0 Å². The standard InChI is InChI=1S/C16H23N5O/c1-3-4-9-18-16-20-15(12-19-21-16)17-10-8-13-6-5-7-14(11-13)22-2/h5-7,11-12H,3-4,8-10H2,1-2H3,(H2,17,18,20,21). The molecular weight excluding hydrogens is 278 g/mol. The van der Waals surface area contributed by atoms with Crippen molar-refractivity contribution in [1.82, 2.24) is 15.2 Å². The van der Waals surface area contributed by atoms with E-state index in [-0.39, 0.29) is 0 Å². The molecule has 0 radical (unpaired) electrons. The molecule has 0 unspecified atom stereocenters. The van der Waals surface area contributed by atoms with Crippen molar-refractivity contribution in [2.75, 3.05) is 30.8 Å². The van der Waals surface area contributed by atoms with Crippen molar-refractivity contribution in [3.05, 3.63) is 36.0 Å². The third kappa shape index (κ3) is 5.20. The summed E-state index contributed by atoms with van der Waals surface area (Å²) in [7, 11) is 1.68. The van der Waals surface area contributed by atoms with E-state index in [0.717, 1.165) is 43.9 Å². The number of nitrogens with zero attached hydrogens (tertiary/aromatic N) is 3. The molecular formula is C16H23N5O. The second-order valence-electron chi connectivity index (χ2n) is 4.97. The number of benzene rings is 1. The lowest BCUT2D eigenvalue weighted by Gasteiger charge is -2.08. The fraction of sp³-hybridized carbons (Fsp3) is 0.438. The van der Waals surface area contributed by atoms with Crippen LogP contribution in [0.5, 0.6) is 5.75 Å². The molecule has 0 amide bonds. The van der Waals surface area contributed by atoms with Gasteiger partial charge in [-0.1, -0.05) is 25.5 Å². The lowest BCUT2D eigenvalue weighted by Crippen LogP contribution is -2.10. The third-order valence-electron chi connectivity index (χ3n) is 3.23. The van der Waals surface area contributed by atoms with Crippen molar-refractivity contribution in [2.45, 2.75) is 26.2 Å². The van der Waals surface area contributed by atoms with Crippen molar-refractivity contribution >= 4 is 11.8 Å². The van der Waals surface area contributed by atoms with E-state index >= 15 is 0 Å². The van der Waals surface area contributed by atoms with Crippen molar-refractivity contribution in [1.29, 1.82) is 0 Å². The molecule has 2 rings (SSSR count). The molecule has 0 aliphatic rings. The van der Waals surface area contributed by atoms with Crippen LogP contribution in [0, 0.1) is 0 Å². The number of nitrogens with one attached hydrogen (secondary N) is 2. The summed E-state index contributed by atoms with van der Waals surface area (Å²) in [6.45, 7) is 3.79. The molecule has 6 heteroatoms. The number of aromatic nitrogens is 3. The van der Waals surface area contributed by atoms with E-state index < -0.39 is 0 Å². The van der Waals surface area contributed by atoms with E-state index in [4.69, 9.17) is 4.74 Å². The van der Waals surface area contributed by atoms with Crippen LogP contribution in [0.25, 0.3) is 0 Å². The molecule has 1 aromatic carbocycles.